The van der Waals surface area contributed by atoms with Gasteiger partial charge in [-0.15, -0.1) is 0 Å². The lowest BCUT2D eigenvalue weighted by atomic mass is 10.2. The number of aliphatic hydroxyl groups excluding tert-OH is 1. The Morgan fingerprint density at radius 1 is 1.75 bits per heavy atom. The summed E-state index contributed by atoms with van der Waals surface area (Å²) in [7, 11) is 1.34. The standard InChI is InChI=1S/C5H11O3/c1-5(7,8-2)3-4-6/h6-7H,1,3-4H2,2H3. The van der Waals surface area contributed by atoms with Gasteiger partial charge in [0, 0.05) is 27.1 Å². The third kappa shape index (κ3) is 2.96. The average molecular weight is 119 g/mol. The van der Waals surface area contributed by atoms with E-state index >= 15 is 0 Å². The van der Waals surface area contributed by atoms with E-state index in [2.05, 4.69) is 11.7 Å². The van der Waals surface area contributed by atoms with Gasteiger partial charge < -0.3 is 14.9 Å². The van der Waals surface area contributed by atoms with Gasteiger partial charge in [0.25, 0.3) is 0 Å². The van der Waals surface area contributed by atoms with Gasteiger partial charge in [-0.25, -0.2) is 0 Å². The number of ether oxygens (including phenoxy) is 1. The molecule has 0 aliphatic heterocycles. The summed E-state index contributed by atoms with van der Waals surface area (Å²) in [5.41, 5.74) is 0. The fourth-order valence-corrected chi connectivity index (χ4v) is 0.277. The van der Waals surface area contributed by atoms with E-state index in [0.29, 0.717) is 0 Å². The molecule has 0 saturated carbocycles. The molecule has 0 aliphatic rings. The second kappa shape index (κ2) is 3.02. The van der Waals surface area contributed by atoms with Crippen LogP contribution in [0.2, 0.25) is 0 Å². The van der Waals surface area contributed by atoms with Crippen LogP contribution in [-0.2, 0) is 4.74 Å². The van der Waals surface area contributed by atoms with Crippen LogP contribution in [0, 0.1) is 6.92 Å². The average Bonchev–Trinajstić information content (AvgIpc) is 1.67. The quantitative estimate of drug-likeness (QED) is 0.494. The summed E-state index contributed by atoms with van der Waals surface area (Å²) in [4.78, 5) is 0. The van der Waals surface area contributed by atoms with Gasteiger partial charge in [-0.05, 0) is 0 Å². The van der Waals surface area contributed by atoms with Gasteiger partial charge >= 0.3 is 0 Å². The predicted octanol–water partition coefficient (Wildman–Crippen LogP) is -0.462. The van der Waals surface area contributed by atoms with E-state index in [4.69, 9.17) is 10.2 Å². The highest BCUT2D eigenvalue weighted by atomic mass is 16.6. The zero-order chi connectivity index (χ0) is 6.62. The summed E-state index contributed by atoms with van der Waals surface area (Å²) < 4.78 is 4.46. The molecule has 49 valence electrons. The van der Waals surface area contributed by atoms with Crippen molar-refractivity contribution >= 4 is 0 Å². The van der Waals surface area contributed by atoms with Crippen LogP contribution in [-0.4, -0.2) is 29.7 Å². The first-order valence-corrected chi connectivity index (χ1v) is 2.36. The van der Waals surface area contributed by atoms with Gasteiger partial charge in [0.1, 0.15) is 0 Å². The first-order valence-electron chi connectivity index (χ1n) is 2.36. The molecule has 3 heteroatoms. The summed E-state index contributed by atoms with van der Waals surface area (Å²) in [6.45, 7) is 3.13. The lowest BCUT2D eigenvalue weighted by Crippen LogP contribution is -2.27. The van der Waals surface area contributed by atoms with Crippen molar-refractivity contribution in [2.24, 2.45) is 0 Å². The molecule has 0 aliphatic carbocycles. The smallest absolute Gasteiger partial charge is 0.167 e. The van der Waals surface area contributed by atoms with Crippen LogP contribution >= 0.6 is 0 Å². The molecule has 2 N–H and O–H groups in total. The van der Waals surface area contributed by atoms with Crippen molar-refractivity contribution in [2.75, 3.05) is 13.7 Å². The van der Waals surface area contributed by atoms with Crippen molar-refractivity contribution in [3.8, 4) is 0 Å². The van der Waals surface area contributed by atoms with Crippen LogP contribution < -0.4 is 0 Å². The second-order valence-corrected chi connectivity index (χ2v) is 1.62. The Bertz CT molecular complexity index is 60.7. The number of methoxy groups -OCH3 is 1. The Balaban J connectivity index is 3.37. The minimum atomic E-state index is -1.41. The van der Waals surface area contributed by atoms with E-state index in [9.17, 15) is 0 Å². The molecule has 8 heavy (non-hydrogen) atoms. The van der Waals surface area contributed by atoms with Crippen molar-refractivity contribution in [3.63, 3.8) is 0 Å². The van der Waals surface area contributed by atoms with Gasteiger partial charge in [-0.3, -0.25) is 0 Å². The highest BCUT2D eigenvalue weighted by Crippen LogP contribution is 2.06. The normalized spacial score (nSPS) is 18.0. The fourth-order valence-electron chi connectivity index (χ4n) is 0.277. The Labute approximate surface area is 48.9 Å². The first kappa shape index (κ1) is 7.88. The van der Waals surface area contributed by atoms with E-state index in [1.54, 1.807) is 0 Å². The van der Waals surface area contributed by atoms with Gasteiger partial charge in [0.2, 0.25) is 0 Å². The van der Waals surface area contributed by atoms with Gasteiger partial charge in [0.15, 0.2) is 5.79 Å². The molecule has 0 aromatic rings. The van der Waals surface area contributed by atoms with Crippen molar-refractivity contribution in [2.45, 2.75) is 12.2 Å². The van der Waals surface area contributed by atoms with E-state index in [1.807, 2.05) is 0 Å². The molecule has 0 aromatic carbocycles. The maximum atomic E-state index is 8.83. The lowest BCUT2D eigenvalue weighted by molar-refractivity contribution is -0.158. The summed E-state index contributed by atoms with van der Waals surface area (Å²) in [5, 5.41) is 17.1. The Morgan fingerprint density at radius 3 is 2.38 bits per heavy atom. The molecule has 3 nitrogen and oxygen atoms in total. The number of aliphatic hydroxyl groups is 2. The Morgan fingerprint density at radius 2 is 2.25 bits per heavy atom. The van der Waals surface area contributed by atoms with Crippen LogP contribution in [0.5, 0.6) is 0 Å². The summed E-state index contributed by atoms with van der Waals surface area (Å²) >= 11 is 0. The monoisotopic (exact) mass is 119 g/mol. The molecule has 1 atom stereocenters. The topological polar surface area (TPSA) is 49.7 Å². The molecular formula is C5H11O3. The van der Waals surface area contributed by atoms with Gasteiger partial charge in [-0.2, -0.15) is 0 Å². The van der Waals surface area contributed by atoms with Crippen LogP contribution in [0.25, 0.3) is 0 Å². The summed E-state index contributed by atoms with van der Waals surface area (Å²) in [5.74, 6) is -1.41. The van der Waals surface area contributed by atoms with Crippen LogP contribution in [0.1, 0.15) is 6.42 Å². The number of hydrogen-bond acceptors (Lipinski definition) is 3. The van der Waals surface area contributed by atoms with Gasteiger partial charge in [-0.1, -0.05) is 0 Å². The summed E-state index contributed by atoms with van der Waals surface area (Å²) in [6, 6.07) is 0. The van der Waals surface area contributed by atoms with Crippen molar-refractivity contribution in [1.82, 2.24) is 0 Å². The third-order valence-corrected chi connectivity index (χ3v) is 0.882. The van der Waals surface area contributed by atoms with Crippen molar-refractivity contribution < 1.29 is 14.9 Å². The molecule has 1 unspecified atom stereocenters. The predicted molar refractivity (Wildman–Crippen MR) is 29.0 cm³/mol. The zero-order valence-electron chi connectivity index (χ0n) is 4.92. The first-order chi connectivity index (χ1) is 3.62. The Hall–Kier alpha value is -0.120. The molecular weight excluding hydrogens is 108 g/mol. The zero-order valence-corrected chi connectivity index (χ0v) is 4.92. The van der Waals surface area contributed by atoms with Crippen LogP contribution in [0.15, 0.2) is 0 Å². The van der Waals surface area contributed by atoms with E-state index in [0.717, 1.165) is 0 Å². The molecule has 0 saturated heterocycles. The number of rotatable bonds is 3. The molecule has 0 rings (SSSR count). The lowest BCUT2D eigenvalue weighted by Gasteiger charge is -2.18. The van der Waals surface area contributed by atoms with Crippen molar-refractivity contribution in [3.05, 3.63) is 6.92 Å². The molecule has 0 heterocycles. The van der Waals surface area contributed by atoms with E-state index < -0.39 is 5.79 Å². The minimum Gasteiger partial charge on any atom is -0.396 e. The molecule has 0 fully saturated rings. The Kier molecular flexibility index (Phi) is 2.97. The maximum Gasteiger partial charge on any atom is 0.167 e. The molecule has 0 amide bonds. The molecule has 0 bridgehead atoms. The van der Waals surface area contributed by atoms with E-state index in [-0.39, 0.29) is 13.0 Å². The second-order valence-electron chi connectivity index (χ2n) is 1.62. The number of hydrogen-bond donors (Lipinski definition) is 2. The molecule has 1 radical (unpaired) electrons. The van der Waals surface area contributed by atoms with Crippen molar-refractivity contribution in [1.29, 1.82) is 0 Å². The fraction of sp³-hybridized carbons (Fsp3) is 0.800. The molecule has 0 aromatic heterocycles. The van der Waals surface area contributed by atoms with Crippen LogP contribution in [0.3, 0.4) is 0 Å². The largest absolute Gasteiger partial charge is 0.396 e. The highest BCUT2D eigenvalue weighted by molar-refractivity contribution is 4.67. The van der Waals surface area contributed by atoms with Gasteiger partial charge in [0.05, 0.1) is 0 Å². The third-order valence-electron chi connectivity index (χ3n) is 0.882. The highest BCUT2D eigenvalue weighted by Gasteiger charge is 2.16. The SMILES string of the molecule is [CH2]C(O)(CCO)OC. The molecule has 0 spiro atoms. The summed E-state index contributed by atoms with van der Waals surface area (Å²) in [6.07, 6.45) is 0.142. The van der Waals surface area contributed by atoms with Crippen LogP contribution in [0.4, 0.5) is 0 Å². The maximum absolute atomic E-state index is 8.83. The van der Waals surface area contributed by atoms with E-state index in [1.165, 1.54) is 7.11 Å². The minimum absolute atomic E-state index is 0.117.